The second kappa shape index (κ2) is 9.77. The summed E-state index contributed by atoms with van der Waals surface area (Å²) in [6, 6.07) is 8.03. The van der Waals surface area contributed by atoms with Crippen molar-refractivity contribution in [1.82, 2.24) is 4.98 Å². The molecule has 0 unspecified atom stereocenters. The molecule has 1 heterocycles. The van der Waals surface area contributed by atoms with Crippen LogP contribution in [0.25, 0.3) is 0 Å². The summed E-state index contributed by atoms with van der Waals surface area (Å²) in [5, 5.41) is 6.27. The summed E-state index contributed by atoms with van der Waals surface area (Å²) in [7, 11) is 1.29. The fourth-order valence-electron chi connectivity index (χ4n) is 2.32. The van der Waals surface area contributed by atoms with Crippen LogP contribution in [-0.4, -0.2) is 30.5 Å². The van der Waals surface area contributed by atoms with Crippen molar-refractivity contribution in [3.63, 3.8) is 0 Å². The van der Waals surface area contributed by atoms with Gasteiger partial charge in [0.15, 0.2) is 0 Å². The minimum Gasteiger partial charge on any atom is -0.465 e. The molecule has 7 heteroatoms. The molecule has 0 saturated carbocycles. The average Bonchev–Trinajstić information content (AvgIpc) is 2.66. The van der Waals surface area contributed by atoms with Gasteiger partial charge in [-0.2, -0.15) is 0 Å². The molecule has 2 N–H and O–H groups in total. The molecule has 0 saturated heterocycles. The lowest BCUT2D eigenvalue weighted by Gasteiger charge is -2.10. The molecule has 0 bridgehead atoms. The Hall–Kier alpha value is -2.60. The third-order valence-corrected chi connectivity index (χ3v) is 4.07. The van der Waals surface area contributed by atoms with E-state index >= 15 is 0 Å². The second-order valence-corrected chi connectivity index (χ2v) is 6.11. The van der Waals surface area contributed by atoms with Crippen LogP contribution in [0.1, 0.15) is 47.0 Å². The van der Waals surface area contributed by atoms with Crippen molar-refractivity contribution in [2.24, 2.45) is 0 Å². The number of esters is 1. The summed E-state index contributed by atoms with van der Waals surface area (Å²) in [6.07, 6.45) is 4.94. The molecular formula is C19H22ClN3O3. The van der Waals surface area contributed by atoms with Crippen LogP contribution in [0.4, 0.5) is 11.4 Å². The highest BCUT2D eigenvalue weighted by molar-refractivity contribution is 6.34. The zero-order valence-electron chi connectivity index (χ0n) is 14.8. The zero-order chi connectivity index (χ0) is 18.9. The molecule has 138 valence electrons. The summed E-state index contributed by atoms with van der Waals surface area (Å²) >= 11 is 6.11. The van der Waals surface area contributed by atoms with E-state index in [0.717, 1.165) is 31.5 Å². The molecule has 0 spiro atoms. The van der Waals surface area contributed by atoms with Crippen molar-refractivity contribution >= 4 is 34.9 Å². The van der Waals surface area contributed by atoms with Gasteiger partial charge in [0.05, 0.1) is 23.4 Å². The molecule has 1 aromatic carbocycles. The van der Waals surface area contributed by atoms with Crippen molar-refractivity contribution in [2.75, 3.05) is 24.3 Å². The van der Waals surface area contributed by atoms with E-state index in [-0.39, 0.29) is 5.69 Å². The molecule has 26 heavy (non-hydrogen) atoms. The second-order valence-electron chi connectivity index (χ2n) is 5.70. The molecule has 0 radical (unpaired) electrons. The van der Waals surface area contributed by atoms with E-state index in [9.17, 15) is 9.59 Å². The number of pyridine rings is 1. The lowest BCUT2D eigenvalue weighted by atomic mass is 10.2. The minimum atomic E-state index is -0.506. The number of ether oxygens (including phenoxy) is 1. The van der Waals surface area contributed by atoms with Gasteiger partial charge in [-0.25, -0.2) is 4.79 Å². The van der Waals surface area contributed by atoms with E-state index in [1.54, 1.807) is 12.3 Å². The first kappa shape index (κ1) is 19.7. The SMILES string of the molecule is CCCCCNc1ccnc(C(=O)Nc2cc(C(=O)OC)ccc2Cl)c1. The lowest BCUT2D eigenvalue weighted by molar-refractivity contribution is 0.0600. The average molecular weight is 376 g/mol. The highest BCUT2D eigenvalue weighted by Crippen LogP contribution is 2.24. The molecular weight excluding hydrogens is 354 g/mol. The molecule has 1 aromatic heterocycles. The number of nitrogens with zero attached hydrogens (tertiary/aromatic N) is 1. The van der Waals surface area contributed by atoms with Crippen LogP contribution < -0.4 is 10.6 Å². The Morgan fingerprint density at radius 3 is 2.73 bits per heavy atom. The maximum Gasteiger partial charge on any atom is 0.337 e. The molecule has 0 aliphatic carbocycles. The predicted molar refractivity (Wildman–Crippen MR) is 103 cm³/mol. The standard InChI is InChI=1S/C19H22ClN3O3/c1-3-4-5-9-21-14-8-10-22-17(12-14)18(24)23-16-11-13(19(25)26-2)6-7-15(16)20/h6-8,10-12H,3-5,9H2,1-2H3,(H,21,22)(H,23,24). The molecule has 0 aliphatic rings. The van der Waals surface area contributed by atoms with Gasteiger partial charge in [0, 0.05) is 18.4 Å². The van der Waals surface area contributed by atoms with Crippen LogP contribution in [0.15, 0.2) is 36.5 Å². The third kappa shape index (κ3) is 5.46. The van der Waals surface area contributed by atoms with E-state index in [0.29, 0.717) is 16.3 Å². The van der Waals surface area contributed by atoms with Crippen LogP contribution in [-0.2, 0) is 4.74 Å². The fraction of sp³-hybridized carbons (Fsp3) is 0.316. The molecule has 1 amide bonds. The first-order valence-corrected chi connectivity index (χ1v) is 8.82. The van der Waals surface area contributed by atoms with Gasteiger partial charge in [-0.15, -0.1) is 0 Å². The Bertz CT molecular complexity index is 780. The number of amides is 1. The highest BCUT2D eigenvalue weighted by Gasteiger charge is 2.13. The number of benzene rings is 1. The smallest absolute Gasteiger partial charge is 0.337 e. The maximum absolute atomic E-state index is 12.5. The first-order chi connectivity index (χ1) is 12.5. The Morgan fingerprint density at radius 1 is 1.19 bits per heavy atom. The number of halogens is 1. The van der Waals surface area contributed by atoms with Crippen LogP contribution in [0.3, 0.4) is 0 Å². The minimum absolute atomic E-state index is 0.255. The number of carbonyl (C=O) groups is 2. The Morgan fingerprint density at radius 2 is 2.00 bits per heavy atom. The monoisotopic (exact) mass is 375 g/mol. The summed E-state index contributed by atoms with van der Waals surface area (Å²) in [4.78, 5) is 28.2. The predicted octanol–water partition coefficient (Wildman–Crippen LogP) is 4.38. The van der Waals surface area contributed by atoms with Gasteiger partial charge >= 0.3 is 5.97 Å². The van der Waals surface area contributed by atoms with Gasteiger partial charge in [-0.05, 0) is 36.8 Å². The normalized spacial score (nSPS) is 10.3. The summed E-state index contributed by atoms with van der Waals surface area (Å²) in [6.45, 7) is 2.99. The fourth-order valence-corrected chi connectivity index (χ4v) is 2.49. The highest BCUT2D eigenvalue weighted by atomic mass is 35.5. The molecule has 2 aromatic rings. The number of carbonyl (C=O) groups excluding carboxylic acids is 2. The number of anilines is 2. The zero-order valence-corrected chi connectivity index (χ0v) is 15.6. The molecule has 0 aliphatic heterocycles. The Kier molecular flexibility index (Phi) is 7.41. The van der Waals surface area contributed by atoms with E-state index < -0.39 is 11.9 Å². The summed E-state index contributed by atoms with van der Waals surface area (Å²) < 4.78 is 4.68. The van der Waals surface area contributed by atoms with Crippen molar-refractivity contribution < 1.29 is 14.3 Å². The molecule has 0 atom stereocenters. The van der Waals surface area contributed by atoms with Crippen LogP contribution >= 0.6 is 11.6 Å². The molecule has 6 nitrogen and oxygen atoms in total. The van der Waals surface area contributed by atoms with Crippen molar-refractivity contribution in [1.29, 1.82) is 0 Å². The van der Waals surface area contributed by atoms with Crippen LogP contribution in [0.2, 0.25) is 5.02 Å². The van der Waals surface area contributed by atoms with Gasteiger partial charge in [-0.3, -0.25) is 9.78 Å². The number of rotatable bonds is 8. The Labute approximate surface area is 157 Å². The number of hydrogen-bond acceptors (Lipinski definition) is 5. The number of aromatic nitrogens is 1. The summed E-state index contributed by atoms with van der Waals surface area (Å²) in [5.41, 5.74) is 1.70. The van der Waals surface area contributed by atoms with E-state index in [2.05, 4.69) is 27.3 Å². The van der Waals surface area contributed by atoms with Crippen molar-refractivity contribution in [2.45, 2.75) is 26.2 Å². The van der Waals surface area contributed by atoms with Gasteiger partial charge in [0.2, 0.25) is 0 Å². The van der Waals surface area contributed by atoms with Gasteiger partial charge in [0.25, 0.3) is 5.91 Å². The lowest BCUT2D eigenvalue weighted by Crippen LogP contribution is -2.15. The largest absolute Gasteiger partial charge is 0.465 e. The van der Waals surface area contributed by atoms with Crippen LogP contribution in [0.5, 0.6) is 0 Å². The van der Waals surface area contributed by atoms with Gasteiger partial charge in [-0.1, -0.05) is 31.4 Å². The Balaban J connectivity index is 2.09. The third-order valence-electron chi connectivity index (χ3n) is 3.74. The maximum atomic E-state index is 12.5. The van der Waals surface area contributed by atoms with Crippen molar-refractivity contribution in [3.8, 4) is 0 Å². The number of methoxy groups -OCH3 is 1. The van der Waals surface area contributed by atoms with Crippen molar-refractivity contribution in [3.05, 3.63) is 52.8 Å². The van der Waals surface area contributed by atoms with E-state index in [1.165, 1.54) is 25.3 Å². The number of nitrogens with one attached hydrogen (secondary N) is 2. The summed E-state index contributed by atoms with van der Waals surface area (Å²) in [5.74, 6) is -0.917. The number of hydrogen-bond donors (Lipinski definition) is 2. The first-order valence-electron chi connectivity index (χ1n) is 8.44. The van der Waals surface area contributed by atoms with E-state index in [1.807, 2.05) is 6.07 Å². The van der Waals surface area contributed by atoms with E-state index in [4.69, 9.17) is 11.6 Å². The molecule has 0 fully saturated rings. The quantitative estimate of drug-likeness (QED) is 0.528. The molecule has 2 rings (SSSR count). The van der Waals surface area contributed by atoms with Crippen LogP contribution in [0, 0.1) is 0 Å². The number of unbranched alkanes of at least 4 members (excludes halogenated alkanes) is 2. The van der Waals surface area contributed by atoms with Gasteiger partial charge in [0.1, 0.15) is 5.69 Å². The van der Waals surface area contributed by atoms with Gasteiger partial charge < -0.3 is 15.4 Å². The topological polar surface area (TPSA) is 80.3 Å².